The first-order valence-corrected chi connectivity index (χ1v) is 14.6. The zero-order valence-corrected chi connectivity index (χ0v) is 24.1. The number of carbonyl (C=O) groups excluding carboxylic acids is 3. The van der Waals surface area contributed by atoms with Gasteiger partial charge < -0.3 is 35.0 Å². The Kier molecular flexibility index (Phi) is 26.3. The maximum absolute atomic E-state index is 12.1. The Bertz CT molecular complexity index is 532. The summed E-state index contributed by atoms with van der Waals surface area (Å²) >= 11 is 1.54. The van der Waals surface area contributed by atoms with E-state index in [4.69, 9.17) is 9.05 Å². The minimum absolute atomic E-state index is 0.0602. The molecule has 0 aliphatic rings. The number of likely N-dealkylation sites (N-methyl/N-ethyl adjacent to an activating group) is 1. The van der Waals surface area contributed by atoms with Gasteiger partial charge in [-0.2, -0.15) is 0 Å². The maximum atomic E-state index is 12.1. The Morgan fingerprint density at radius 3 is 2.15 bits per heavy atom. The zero-order valence-electron chi connectivity index (χ0n) is 21.3. The predicted octanol–water partition coefficient (Wildman–Crippen LogP) is 2.00. The summed E-state index contributed by atoms with van der Waals surface area (Å²) in [4.78, 5) is 44.8. The number of amides is 2. The molecular formula is C20H45N3O7P2S. The van der Waals surface area contributed by atoms with Crippen molar-refractivity contribution < 1.29 is 33.4 Å². The van der Waals surface area contributed by atoms with Gasteiger partial charge in [-0.3, -0.25) is 14.4 Å². The quantitative estimate of drug-likeness (QED) is 0.148. The molecule has 0 aliphatic heterocycles. The van der Waals surface area contributed by atoms with Crippen molar-refractivity contribution >= 4 is 46.0 Å². The molecule has 198 valence electrons. The monoisotopic (exact) mass is 533 g/mol. The van der Waals surface area contributed by atoms with Crippen molar-refractivity contribution in [2.45, 2.75) is 67.0 Å². The van der Waals surface area contributed by atoms with Crippen LogP contribution in [-0.2, 0) is 23.4 Å². The van der Waals surface area contributed by atoms with Crippen LogP contribution in [-0.4, -0.2) is 78.8 Å². The number of nitrogens with one attached hydrogen (secondary N) is 3. The summed E-state index contributed by atoms with van der Waals surface area (Å²) in [7, 11) is 1.82. The van der Waals surface area contributed by atoms with Crippen LogP contribution in [0.5, 0.6) is 0 Å². The number of hydrogen-bond donors (Lipinski definition) is 5. The van der Waals surface area contributed by atoms with Crippen LogP contribution in [0.4, 0.5) is 0 Å². The molecule has 0 saturated heterocycles. The van der Waals surface area contributed by atoms with E-state index in [1.165, 1.54) is 18.3 Å². The Labute approximate surface area is 207 Å². The van der Waals surface area contributed by atoms with E-state index in [2.05, 4.69) is 24.4 Å². The third-order valence-corrected chi connectivity index (χ3v) is 5.79. The Morgan fingerprint density at radius 1 is 1.09 bits per heavy atom. The summed E-state index contributed by atoms with van der Waals surface area (Å²) in [5.41, 5.74) is -1.02. The lowest BCUT2D eigenvalue weighted by Gasteiger charge is -2.29. The van der Waals surface area contributed by atoms with Crippen LogP contribution in [0, 0.1) is 5.41 Å². The first-order chi connectivity index (χ1) is 15.5. The van der Waals surface area contributed by atoms with Gasteiger partial charge in [-0.25, -0.2) is 0 Å². The summed E-state index contributed by atoms with van der Waals surface area (Å²) in [6, 6.07) is -0.558. The van der Waals surface area contributed by atoms with E-state index in [-0.39, 0.29) is 37.9 Å². The smallest absolute Gasteiger partial charge is 0.329 e. The molecule has 13 heteroatoms. The van der Waals surface area contributed by atoms with Gasteiger partial charge in [0, 0.05) is 30.7 Å². The van der Waals surface area contributed by atoms with Crippen LogP contribution < -0.4 is 16.0 Å². The largest absolute Gasteiger partial charge is 0.383 e. The second-order valence-electron chi connectivity index (χ2n) is 6.91. The van der Waals surface area contributed by atoms with Gasteiger partial charge in [-0.1, -0.05) is 50.0 Å². The molecule has 0 bridgehead atoms. The SMILES string of the molecule is CC.CC.CNC(COP(O)OCC(C)(C)C(O)C(=O)NCCC(=O)NCCSP)C(C)=O. The topological polar surface area (TPSA) is 146 Å². The molecule has 0 aromatic carbocycles. The second kappa shape index (κ2) is 23.4. The highest BCUT2D eigenvalue weighted by Gasteiger charge is 2.35. The molecule has 10 nitrogen and oxygen atoms in total. The molecular weight excluding hydrogens is 488 g/mol. The zero-order chi connectivity index (χ0) is 26.4. The van der Waals surface area contributed by atoms with Gasteiger partial charge in [0.05, 0.1) is 19.3 Å². The van der Waals surface area contributed by atoms with Gasteiger partial charge in [0.25, 0.3) is 0 Å². The van der Waals surface area contributed by atoms with E-state index in [0.29, 0.717) is 6.54 Å². The van der Waals surface area contributed by atoms with Crippen LogP contribution in [0.25, 0.3) is 0 Å². The highest BCUT2D eigenvalue weighted by molar-refractivity contribution is 8.43. The van der Waals surface area contributed by atoms with Gasteiger partial charge in [0.15, 0.2) is 0 Å². The average molecular weight is 534 g/mol. The van der Waals surface area contributed by atoms with Crippen molar-refractivity contribution in [1.82, 2.24) is 16.0 Å². The van der Waals surface area contributed by atoms with Crippen LogP contribution >= 0.6 is 28.4 Å². The van der Waals surface area contributed by atoms with Crippen LogP contribution in [0.15, 0.2) is 0 Å². The van der Waals surface area contributed by atoms with Crippen LogP contribution in [0.3, 0.4) is 0 Å². The molecule has 0 aromatic heterocycles. The normalized spacial score (nSPS) is 13.3. The van der Waals surface area contributed by atoms with E-state index in [1.807, 2.05) is 27.7 Å². The number of aliphatic hydroxyl groups is 1. The molecule has 0 heterocycles. The fourth-order valence-electron chi connectivity index (χ4n) is 1.97. The number of aliphatic hydroxyl groups excluding tert-OH is 1. The standard InChI is InChI=1S/C16H33N3O7P2S.2C2H6/c1-11(20)12(17-4)9-25-28(24)26-10-16(2,3)14(22)15(23)19-6-5-13(21)18-7-8-29-27;2*1-2/h12,14,17,22,24H,5-10,27H2,1-4H3,(H,18,21)(H,19,23);2*1-2H3. The van der Waals surface area contributed by atoms with Gasteiger partial charge in [-0.05, 0) is 14.0 Å². The third kappa shape index (κ3) is 19.6. The fourth-order valence-corrected chi connectivity index (χ4v) is 3.34. The number of carbonyl (C=O) groups is 3. The Balaban J connectivity index is -0.00000212. The Morgan fingerprint density at radius 2 is 1.67 bits per heavy atom. The predicted molar refractivity (Wildman–Crippen MR) is 140 cm³/mol. The van der Waals surface area contributed by atoms with Gasteiger partial charge in [0.1, 0.15) is 11.9 Å². The first-order valence-electron chi connectivity index (χ1n) is 11.0. The van der Waals surface area contributed by atoms with Crippen LogP contribution in [0.2, 0.25) is 0 Å². The second-order valence-corrected chi connectivity index (χ2v) is 9.65. The third-order valence-electron chi connectivity index (χ3n) is 3.92. The molecule has 0 aromatic rings. The average Bonchev–Trinajstić information content (AvgIpc) is 2.80. The molecule has 0 radical (unpaired) electrons. The molecule has 0 fully saturated rings. The van der Waals surface area contributed by atoms with E-state index in [1.54, 1.807) is 20.9 Å². The number of Topliss-reactive ketones (excluding diaryl/α,β-unsaturated/α-hetero) is 1. The minimum Gasteiger partial charge on any atom is -0.383 e. The van der Waals surface area contributed by atoms with E-state index < -0.39 is 32.1 Å². The van der Waals surface area contributed by atoms with Crippen molar-refractivity contribution in [3.05, 3.63) is 0 Å². The number of ketones is 1. The van der Waals surface area contributed by atoms with E-state index in [0.717, 1.165) is 5.75 Å². The van der Waals surface area contributed by atoms with E-state index in [9.17, 15) is 24.4 Å². The van der Waals surface area contributed by atoms with Gasteiger partial charge in [-0.15, -0.1) is 11.4 Å². The molecule has 4 atom stereocenters. The highest BCUT2D eigenvalue weighted by atomic mass is 32.7. The molecule has 4 unspecified atom stereocenters. The first kappa shape index (κ1) is 37.2. The van der Waals surface area contributed by atoms with Crippen LogP contribution in [0.1, 0.15) is 54.9 Å². The highest BCUT2D eigenvalue weighted by Crippen LogP contribution is 2.36. The summed E-state index contributed by atoms with van der Waals surface area (Å²) in [6.45, 7) is 13.0. The molecule has 0 saturated carbocycles. The van der Waals surface area contributed by atoms with Crippen molar-refractivity contribution in [1.29, 1.82) is 0 Å². The van der Waals surface area contributed by atoms with E-state index >= 15 is 0 Å². The van der Waals surface area contributed by atoms with Crippen molar-refractivity contribution in [2.24, 2.45) is 5.41 Å². The lowest BCUT2D eigenvalue weighted by molar-refractivity contribution is -0.137. The molecule has 0 aliphatic carbocycles. The maximum Gasteiger partial charge on any atom is 0.329 e. The number of rotatable bonds is 16. The molecule has 0 rings (SSSR count). The summed E-state index contributed by atoms with van der Waals surface area (Å²) in [5.74, 6) is -0.186. The van der Waals surface area contributed by atoms with Crippen molar-refractivity contribution in [3.63, 3.8) is 0 Å². The summed E-state index contributed by atoms with van der Waals surface area (Å²) in [6.07, 6.45) is -1.31. The molecule has 33 heavy (non-hydrogen) atoms. The minimum atomic E-state index is -2.27. The Hall–Kier alpha value is -0.380. The van der Waals surface area contributed by atoms with Gasteiger partial charge >= 0.3 is 8.60 Å². The molecule has 0 spiro atoms. The van der Waals surface area contributed by atoms with Crippen molar-refractivity contribution in [3.8, 4) is 0 Å². The fraction of sp³-hybridized carbons (Fsp3) is 0.850. The van der Waals surface area contributed by atoms with Gasteiger partial charge in [0.2, 0.25) is 11.8 Å². The van der Waals surface area contributed by atoms with Crippen molar-refractivity contribution in [2.75, 3.05) is 39.1 Å². The summed E-state index contributed by atoms with van der Waals surface area (Å²) < 4.78 is 10.3. The lowest BCUT2D eigenvalue weighted by atomic mass is 9.87. The summed E-state index contributed by atoms with van der Waals surface area (Å²) in [5, 5.41) is 18.2. The molecule has 2 amide bonds. The lowest BCUT2D eigenvalue weighted by Crippen LogP contribution is -2.46. The molecule has 5 N–H and O–H groups in total. The number of hydrogen-bond acceptors (Lipinski definition) is 9.